The molecule has 0 spiro atoms. The van der Waals surface area contributed by atoms with E-state index in [1.807, 2.05) is 0 Å². The van der Waals surface area contributed by atoms with E-state index in [1.54, 1.807) is 12.3 Å². The maximum Gasteiger partial charge on any atom is 0.326 e. The lowest BCUT2D eigenvalue weighted by molar-refractivity contribution is -0.143. The van der Waals surface area contributed by atoms with Crippen molar-refractivity contribution >= 4 is 17.8 Å². The summed E-state index contributed by atoms with van der Waals surface area (Å²) in [5.41, 5.74) is 0. The highest BCUT2D eigenvalue weighted by Crippen LogP contribution is 2.04. The molecular formula is C10H14N2O5. The number of carbonyl (C=O) groups excluding carboxylic acids is 1. The first-order valence-electron chi connectivity index (χ1n) is 5.16. The average Bonchev–Trinajstić information content (AvgIpc) is 2.76. The van der Waals surface area contributed by atoms with E-state index in [4.69, 9.17) is 10.2 Å². The maximum atomic E-state index is 11.6. The number of carbonyl (C=O) groups is 3. The van der Waals surface area contributed by atoms with Crippen LogP contribution >= 0.6 is 0 Å². The molecule has 94 valence electrons. The van der Waals surface area contributed by atoms with Crippen LogP contribution in [0.25, 0.3) is 0 Å². The van der Waals surface area contributed by atoms with Gasteiger partial charge < -0.3 is 20.8 Å². The third kappa shape index (κ3) is 4.13. The molecule has 1 heterocycles. The lowest BCUT2D eigenvalue weighted by atomic mass is 10.1. The molecule has 0 fully saturated rings. The molecular weight excluding hydrogens is 228 g/mol. The SMILES string of the molecule is O=C(O)CC[C@H](NC(=O)C1CC=CN1)C(=O)O. The van der Waals surface area contributed by atoms with Crippen LogP contribution in [0, 0.1) is 0 Å². The van der Waals surface area contributed by atoms with Gasteiger partial charge in [-0.15, -0.1) is 0 Å². The molecule has 0 radical (unpaired) electrons. The number of carboxylic acid groups (broad SMARTS) is 2. The number of amides is 1. The number of hydrogen-bond acceptors (Lipinski definition) is 4. The Morgan fingerprint density at radius 1 is 1.41 bits per heavy atom. The fraction of sp³-hybridized carbons (Fsp3) is 0.500. The van der Waals surface area contributed by atoms with Crippen molar-refractivity contribution in [2.45, 2.75) is 31.3 Å². The Morgan fingerprint density at radius 2 is 2.12 bits per heavy atom. The molecule has 2 atom stereocenters. The van der Waals surface area contributed by atoms with E-state index in [0.29, 0.717) is 6.42 Å². The van der Waals surface area contributed by atoms with Crippen molar-refractivity contribution in [1.29, 1.82) is 0 Å². The van der Waals surface area contributed by atoms with Crippen LogP contribution < -0.4 is 10.6 Å². The van der Waals surface area contributed by atoms with Gasteiger partial charge >= 0.3 is 11.9 Å². The van der Waals surface area contributed by atoms with Gasteiger partial charge in [0.25, 0.3) is 0 Å². The number of rotatable bonds is 6. The Labute approximate surface area is 97.5 Å². The lowest BCUT2D eigenvalue weighted by Gasteiger charge is -2.17. The highest BCUT2D eigenvalue weighted by molar-refractivity contribution is 5.87. The van der Waals surface area contributed by atoms with Crippen molar-refractivity contribution < 1.29 is 24.6 Å². The molecule has 1 aliphatic heterocycles. The van der Waals surface area contributed by atoms with Gasteiger partial charge in [0.1, 0.15) is 12.1 Å². The van der Waals surface area contributed by atoms with E-state index < -0.39 is 29.9 Å². The quantitative estimate of drug-likeness (QED) is 0.489. The molecule has 1 rings (SSSR count). The number of hydrogen-bond donors (Lipinski definition) is 4. The predicted octanol–water partition coefficient (Wildman–Crippen LogP) is -0.704. The molecule has 17 heavy (non-hydrogen) atoms. The zero-order chi connectivity index (χ0) is 12.8. The maximum absolute atomic E-state index is 11.6. The molecule has 4 N–H and O–H groups in total. The van der Waals surface area contributed by atoms with Crippen LogP contribution in [0.2, 0.25) is 0 Å². The summed E-state index contributed by atoms with van der Waals surface area (Å²) in [4.78, 5) is 32.7. The Hall–Kier alpha value is -2.05. The molecule has 0 aromatic carbocycles. The van der Waals surface area contributed by atoms with Crippen LogP contribution in [0.15, 0.2) is 12.3 Å². The molecule has 0 saturated heterocycles. The van der Waals surface area contributed by atoms with Gasteiger partial charge in [0.15, 0.2) is 0 Å². The van der Waals surface area contributed by atoms with Crippen molar-refractivity contribution in [2.24, 2.45) is 0 Å². The summed E-state index contributed by atoms with van der Waals surface area (Å²) in [5.74, 6) is -2.76. The van der Waals surface area contributed by atoms with Crippen LogP contribution in [0.5, 0.6) is 0 Å². The summed E-state index contributed by atoms with van der Waals surface area (Å²) in [6, 6.07) is -1.64. The first kappa shape index (κ1) is 13.0. The fourth-order valence-corrected chi connectivity index (χ4v) is 1.44. The molecule has 1 amide bonds. The first-order chi connectivity index (χ1) is 8.00. The topological polar surface area (TPSA) is 116 Å². The molecule has 0 bridgehead atoms. The average molecular weight is 242 g/mol. The summed E-state index contributed by atoms with van der Waals surface area (Å²) in [6.45, 7) is 0. The summed E-state index contributed by atoms with van der Waals surface area (Å²) in [7, 11) is 0. The van der Waals surface area contributed by atoms with E-state index in [1.165, 1.54) is 0 Å². The molecule has 0 aromatic rings. The second-order valence-electron chi connectivity index (χ2n) is 3.69. The number of nitrogens with one attached hydrogen (secondary N) is 2. The highest BCUT2D eigenvalue weighted by atomic mass is 16.4. The van der Waals surface area contributed by atoms with Crippen LogP contribution in [-0.2, 0) is 14.4 Å². The molecule has 0 aliphatic carbocycles. The minimum absolute atomic E-state index is 0.128. The molecule has 1 unspecified atom stereocenters. The normalized spacial score (nSPS) is 19.4. The van der Waals surface area contributed by atoms with Gasteiger partial charge in [-0.05, 0) is 19.0 Å². The van der Waals surface area contributed by atoms with Gasteiger partial charge in [-0.25, -0.2) is 4.79 Å². The minimum Gasteiger partial charge on any atom is -0.481 e. The van der Waals surface area contributed by atoms with Crippen molar-refractivity contribution in [1.82, 2.24) is 10.6 Å². The summed E-state index contributed by atoms with van der Waals surface area (Å²) in [6.07, 6.45) is 3.45. The largest absolute Gasteiger partial charge is 0.481 e. The summed E-state index contributed by atoms with van der Waals surface area (Å²) < 4.78 is 0. The van der Waals surface area contributed by atoms with E-state index in [2.05, 4.69) is 10.6 Å². The lowest BCUT2D eigenvalue weighted by Crippen LogP contribution is -2.48. The van der Waals surface area contributed by atoms with E-state index in [9.17, 15) is 14.4 Å². The van der Waals surface area contributed by atoms with E-state index in [0.717, 1.165) is 0 Å². The monoisotopic (exact) mass is 242 g/mol. The first-order valence-corrected chi connectivity index (χ1v) is 5.16. The van der Waals surface area contributed by atoms with E-state index in [-0.39, 0.29) is 12.8 Å². The van der Waals surface area contributed by atoms with Gasteiger partial charge in [-0.2, -0.15) is 0 Å². The van der Waals surface area contributed by atoms with Gasteiger partial charge in [0.2, 0.25) is 5.91 Å². The summed E-state index contributed by atoms with van der Waals surface area (Å²) >= 11 is 0. The zero-order valence-electron chi connectivity index (χ0n) is 9.05. The molecule has 7 heteroatoms. The number of aliphatic carboxylic acids is 2. The highest BCUT2D eigenvalue weighted by Gasteiger charge is 2.25. The van der Waals surface area contributed by atoms with Gasteiger partial charge in [0, 0.05) is 6.42 Å². The second-order valence-corrected chi connectivity index (χ2v) is 3.69. The third-order valence-corrected chi connectivity index (χ3v) is 2.36. The zero-order valence-corrected chi connectivity index (χ0v) is 9.05. The molecule has 7 nitrogen and oxygen atoms in total. The molecule has 0 saturated carbocycles. The Bertz CT molecular complexity index is 345. The van der Waals surface area contributed by atoms with E-state index >= 15 is 0 Å². The van der Waals surface area contributed by atoms with Crippen LogP contribution in [0.4, 0.5) is 0 Å². The van der Waals surface area contributed by atoms with Crippen molar-refractivity contribution in [2.75, 3.05) is 0 Å². The second kappa shape index (κ2) is 5.88. The molecule has 1 aliphatic rings. The Kier molecular flexibility index (Phi) is 4.50. The van der Waals surface area contributed by atoms with Crippen molar-refractivity contribution in [3.8, 4) is 0 Å². The van der Waals surface area contributed by atoms with Gasteiger partial charge in [-0.3, -0.25) is 9.59 Å². The minimum atomic E-state index is -1.23. The standard InChI is InChI=1S/C10H14N2O5/c13-8(14)4-3-7(10(16)17)12-9(15)6-2-1-5-11-6/h1,5-7,11H,2-4H2,(H,12,15)(H,13,14)(H,16,17)/t6?,7-/m0/s1. The number of carboxylic acids is 2. The van der Waals surface area contributed by atoms with Crippen LogP contribution in [0.3, 0.4) is 0 Å². The Morgan fingerprint density at radius 3 is 2.59 bits per heavy atom. The summed E-state index contributed by atoms with van der Waals surface area (Å²) in [5, 5.41) is 22.4. The fourth-order valence-electron chi connectivity index (χ4n) is 1.44. The van der Waals surface area contributed by atoms with Crippen molar-refractivity contribution in [3.05, 3.63) is 12.3 Å². The van der Waals surface area contributed by atoms with Crippen LogP contribution in [0.1, 0.15) is 19.3 Å². The molecule has 0 aromatic heterocycles. The third-order valence-electron chi connectivity index (χ3n) is 2.36. The van der Waals surface area contributed by atoms with Gasteiger partial charge in [-0.1, -0.05) is 6.08 Å². The van der Waals surface area contributed by atoms with Crippen molar-refractivity contribution in [3.63, 3.8) is 0 Å². The van der Waals surface area contributed by atoms with Gasteiger partial charge in [0.05, 0.1) is 0 Å². The van der Waals surface area contributed by atoms with Crippen LogP contribution in [-0.4, -0.2) is 40.1 Å². The predicted molar refractivity (Wildman–Crippen MR) is 57.1 cm³/mol. The Balaban J connectivity index is 2.45. The smallest absolute Gasteiger partial charge is 0.326 e.